The highest BCUT2D eigenvalue weighted by Crippen LogP contribution is 2.27. The van der Waals surface area contributed by atoms with Crippen molar-refractivity contribution in [1.82, 2.24) is 5.32 Å². The molecule has 0 spiro atoms. The van der Waals surface area contributed by atoms with Gasteiger partial charge < -0.3 is 24.8 Å². The third kappa shape index (κ3) is 5.90. The van der Waals surface area contributed by atoms with Gasteiger partial charge in [0.2, 0.25) is 0 Å². The zero-order valence-electron chi connectivity index (χ0n) is 14.4. The van der Waals surface area contributed by atoms with Crippen LogP contribution in [0.15, 0.2) is 18.2 Å². The van der Waals surface area contributed by atoms with Crippen LogP contribution in [0.5, 0.6) is 5.75 Å². The first-order valence-corrected chi connectivity index (χ1v) is 8.48. The Labute approximate surface area is 143 Å². The molecule has 1 atom stereocenters. The van der Waals surface area contributed by atoms with E-state index in [0.29, 0.717) is 24.9 Å². The molecule has 1 aromatic rings. The highest BCUT2D eigenvalue weighted by Gasteiger charge is 2.13. The molecule has 0 saturated carbocycles. The number of hydrogen-bond donors (Lipinski definition) is 3. The van der Waals surface area contributed by atoms with E-state index in [-0.39, 0.29) is 0 Å². The topological polar surface area (TPSA) is 80.9 Å². The molecular formula is C17H27N3O4. The van der Waals surface area contributed by atoms with E-state index in [9.17, 15) is 4.79 Å². The average molecular weight is 337 g/mol. The molecule has 1 aliphatic rings. The maximum Gasteiger partial charge on any atom is 0.411 e. The van der Waals surface area contributed by atoms with Gasteiger partial charge in [-0.3, -0.25) is 5.32 Å². The van der Waals surface area contributed by atoms with Gasteiger partial charge in [0.15, 0.2) is 0 Å². The molecule has 1 heterocycles. The molecule has 1 amide bonds. The second kappa shape index (κ2) is 10.00. The zero-order chi connectivity index (χ0) is 17.2. The summed E-state index contributed by atoms with van der Waals surface area (Å²) in [7, 11) is 0. The zero-order valence-corrected chi connectivity index (χ0v) is 14.4. The molecule has 2 rings (SSSR count). The van der Waals surface area contributed by atoms with Gasteiger partial charge in [-0.2, -0.15) is 0 Å². The second-order valence-corrected chi connectivity index (χ2v) is 5.43. The molecule has 134 valence electrons. The predicted octanol–water partition coefficient (Wildman–Crippen LogP) is 2.44. The van der Waals surface area contributed by atoms with Crippen molar-refractivity contribution in [3.05, 3.63) is 18.2 Å². The third-order valence-electron chi connectivity index (χ3n) is 3.62. The minimum Gasteiger partial charge on any atom is -0.494 e. The van der Waals surface area contributed by atoms with E-state index in [4.69, 9.17) is 14.2 Å². The summed E-state index contributed by atoms with van der Waals surface area (Å²) in [5.41, 5.74) is 1.48. The molecule has 0 aromatic heterocycles. The van der Waals surface area contributed by atoms with Gasteiger partial charge in [-0.05, 0) is 32.4 Å². The van der Waals surface area contributed by atoms with Gasteiger partial charge in [-0.25, -0.2) is 4.79 Å². The SMILES string of the molecule is CCOC(=O)Nc1ccc(OCC)cc1NCCC1COCCN1. The smallest absolute Gasteiger partial charge is 0.411 e. The van der Waals surface area contributed by atoms with Crippen molar-refractivity contribution in [3.8, 4) is 5.75 Å². The second-order valence-electron chi connectivity index (χ2n) is 5.43. The monoisotopic (exact) mass is 337 g/mol. The summed E-state index contributed by atoms with van der Waals surface area (Å²) in [5, 5.41) is 9.53. The van der Waals surface area contributed by atoms with Crippen molar-refractivity contribution in [3.63, 3.8) is 0 Å². The van der Waals surface area contributed by atoms with Crippen LogP contribution in [0.1, 0.15) is 20.3 Å². The van der Waals surface area contributed by atoms with Gasteiger partial charge in [0.05, 0.1) is 37.8 Å². The van der Waals surface area contributed by atoms with Crippen LogP contribution in [0.4, 0.5) is 16.2 Å². The molecule has 24 heavy (non-hydrogen) atoms. The lowest BCUT2D eigenvalue weighted by molar-refractivity contribution is 0.0753. The van der Waals surface area contributed by atoms with Crippen LogP contribution >= 0.6 is 0 Å². The van der Waals surface area contributed by atoms with Crippen molar-refractivity contribution in [2.45, 2.75) is 26.3 Å². The summed E-state index contributed by atoms with van der Waals surface area (Å²) in [6.07, 6.45) is 0.463. The van der Waals surface area contributed by atoms with Crippen molar-refractivity contribution in [2.75, 3.05) is 50.2 Å². The number of carbonyl (C=O) groups is 1. The van der Waals surface area contributed by atoms with Crippen LogP contribution in [0.25, 0.3) is 0 Å². The summed E-state index contributed by atoms with van der Waals surface area (Å²) in [6.45, 7) is 7.78. The molecule has 0 radical (unpaired) electrons. The highest BCUT2D eigenvalue weighted by atomic mass is 16.5. The molecule has 1 aromatic carbocycles. The Balaban J connectivity index is 1.97. The normalized spacial score (nSPS) is 17.2. The van der Waals surface area contributed by atoms with Crippen LogP contribution in [0.3, 0.4) is 0 Å². The van der Waals surface area contributed by atoms with Crippen molar-refractivity contribution in [1.29, 1.82) is 0 Å². The van der Waals surface area contributed by atoms with Crippen LogP contribution in [-0.4, -0.2) is 51.7 Å². The molecular weight excluding hydrogens is 310 g/mol. The van der Waals surface area contributed by atoms with Gasteiger partial charge in [0.25, 0.3) is 0 Å². The summed E-state index contributed by atoms with van der Waals surface area (Å²) in [5.74, 6) is 0.758. The van der Waals surface area contributed by atoms with Gasteiger partial charge >= 0.3 is 6.09 Å². The maximum absolute atomic E-state index is 11.7. The molecule has 1 fully saturated rings. The summed E-state index contributed by atoms with van der Waals surface area (Å²) in [4.78, 5) is 11.7. The van der Waals surface area contributed by atoms with E-state index >= 15 is 0 Å². The van der Waals surface area contributed by atoms with Gasteiger partial charge in [-0.1, -0.05) is 0 Å². The number of hydrogen-bond acceptors (Lipinski definition) is 6. The maximum atomic E-state index is 11.7. The third-order valence-corrected chi connectivity index (χ3v) is 3.62. The van der Waals surface area contributed by atoms with Crippen LogP contribution < -0.4 is 20.7 Å². The summed E-state index contributed by atoms with van der Waals surface area (Å²) < 4.78 is 15.9. The van der Waals surface area contributed by atoms with E-state index in [1.165, 1.54) is 0 Å². The van der Waals surface area contributed by atoms with E-state index in [1.807, 2.05) is 25.1 Å². The fourth-order valence-corrected chi connectivity index (χ4v) is 2.50. The summed E-state index contributed by atoms with van der Waals surface area (Å²) >= 11 is 0. The number of amides is 1. The van der Waals surface area contributed by atoms with Crippen LogP contribution in [0.2, 0.25) is 0 Å². The van der Waals surface area contributed by atoms with E-state index < -0.39 is 6.09 Å². The molecule has 0 bridgehead atoms. The Morgan fingerprint density at radius 3 is 2.92 bits per heavy atom. The fourth-order valence-electron chi connectivity index (χ4n) is 2.50. The van der Waals surface area contributed by atoms with Crippen molar-refractivity contribution >= 4 is 17.5 Å². The highest BCUT2D eigenvalue weighted by molar-refractivity contribution is 5.89. The van der Waals surface area contributed by atoms with Gasteiger partial charge in [0, 0.05) is 25.2 Å². The Morgan fingerprint density at radius 1 is 1.33 bits per heavy atom. The first-order chi connectivity index (χ1) is 11.7. The van der Waals surface area contributed by atoms with E-state index in [1.54, 1.807) is 6.92 Å². The average Bonchev–Trinajstić information content (AvgIpc) is 2.58. The van der Waals surface area contributed by atoms with E-state index in [2.05, 4.69) is 16.0 Å². The number of carbonyl (C=O) groups excluding carboxylic acids is 1. The van der Waals surface area contributed by atoms with Gasteiger partial charge in [0.1, 0.15) is 5.75 Å². The Kier molecular flexibility index (Phi) is 7.64. The van der Waals surface area contributed by atoms with E-state index in [0.717, 1.165) is 44.2 Å². The number of ether oxygens (including phenoxy) is 3. The van der Waals surface area contributed by atoms with Crippen LogP contribution in [0, 0.1) is 0 Å². The first-order valence-electron chi connectivity index (χ1n) is 8.48. The number of anilines is 2. The Morgan fingerprint density at radius 2 is 2.21 bits per heavy atom. The van der Waals surface area contributed by atoms with Crippen molar-refractivity contribution < 1.29 is 19.0 Å². The number of morpholine rings is 1. The number of benzene rings is 1. The molecule has 7 nitrogen and oxygen atoms in total. The lowest BCUT2D eigenvalue weighted by atomic mass is 10.2. The predicted molar refractivity (Wildman–Crippen MR) is 94.0 cm³/mol. The standard InChI is InChI=1S/C17H27N3O4/c1-3-23-14-5-6-15(20-17(21)24-4-2)16(11-14)19-8-7-13-12-22-10-9-18-13/h5-6,11,13,18-19H,3-4,7-10,12H2,1-2H3,(H,20,21). The lowest BCUT2D eigenvalue weighted by Crippen LogP contribution is -2.42. The lowest BCUT2D eigenvalue weighted by Gasteiger charge is -2.24. The van der Waals surface area contributed by atoms with Gasteiger partial charge in [-0.15, -0.1) is 0 Å². The van der Waals surface area contributed by atoms with Crippen molar-refractivity contribution in [2.24, 2.45) is 0 Å². The molecule has 1 saturated heterocycles. The Bertz CT molecular complexity index is 519. The number of nitrogens with one attached hydrogen (secondary N) is 3. The molecule has 1 unspecified atom stereocenters. The summed E-state index contributed by atoms with van der Waals surface area (Å²) in [6, 6.07) is 5.87. The molecule has 3 N–H and O–H groups in total. The molecule has 7 heteroatoms. The fraction of sp³-hybridized carbons (Fsp3) is 0.588. The molecule has 0 aliphatic carbocycles. The minimum absolute atomic E-state index is 0.332. The quantitative estimate of drug-likeness (QED) is 0.676. The van der Waals surface area contributed by atoms with Crippen LogP contribution in [-0.2, 0) is 9.47 Å². The minimum atomic E-state index is -0.466. The largest absolute Gasteiger partial charge is 0.494 e. The number of rotatable bonds is 8. The molecule has 1 aliphatic heterocycles. The Hall–Kier alpha value is -1.99. The first kappa shape index (κ1) is 18.4.